The van der Waals surface area contributed by atoms with Crippen molar-refractivity contribution in [3.63, 3.8) is 0 Å². The summed E-state index contributed by atoms with van der Waals surface area (Å²) in [4.78, 5) is 11.6. The maximum absolute atomic E-state index is 11.6. The second-order valence-electron chi connectivity index (χ2n) is 3.58. The summed E-state index contributed by atoms with van der Waals surface area (Å²) >= 11 is 0. The van der Waals surface area contributed by atoms with Crippen molar-refractivity contribution in [3.05, 3.63) is 24.0 Å². The summed E-state index contributed by atoms with van der Waals surface area (Å²) in [5, 5.41) is 13.6. The third kappa shape index (κ3) is 2.73. The van der Waals surface area contributed by atoms with Gasteiger partial charge >= 0.3 is 0 Å². The molecule has 0 spiro atoms. The van der Waals surface area contributed by atoms with Gasteiger partial charge in [0.25, 0.3) is 0 Å². The molecular weight excluding hydrogens is 192 g/mol. The zero-order valence-corrected chi connectivity index (χ0v) is 8.44. The molecule has 5 heteroatoms. The summed E-state index contributed by atoms with van der Waals surface area (Å²) in [6.07, 6.45) is 3.61. The highest BCUT2D eigenvalue weighted by molar-refractivity contribution is 5.81. The molecule has 1 unspecified atom stereocenters. The van der Waals surface area contributed by atoms with Crippen LogP contribution in [0.5, 0.6) is 0 Å². The highest BCUT2D eigenvalue weighted by atomic mass is 16.2. The summed E-state index contributed by atoms with van der Waals surface area (Å²) in [5.74, 6) is 0.0538. The SMILES string of the molecule is O=C(NCc1cccnn1)C1CCCN1. The summed E-state index contributed by atoms with van der Waals surface area (Å²) < 4.78 is 0. The predicted octanol–water partition coefficient (Wildman–Crippen LogP) is -0.155. The number of amides is 1. The Hall–Kier alpha value is -1.49. The van der Waals surface area contributed by atoms with Gasteiger partial charge in [0, 0.05) is 6.20 Å². The monoisotopic (exact) mass is 206 g/mol. The number of carbonyl (C=O) groups is 1. The van der Waals surface area contributed by atoms with E-state index < -0.39 is 0 Å². The average Bonchev–Trinajstić information content (AvgIpc) is 2.81. The average molecular weight is 206 g/mol. The third-order valence-corrected chi connectivity index (χ3v) is 2.45. The fraction of sp³-hybridized carbons (Fsp3) is 0.500. The van der Waals surface area contributed by atoms with E-state index in [4.69, 9.17) is 0 Å². The molecule has 1 aliphatic heterocycles. The van der Waals surface area contributed by atoms with Crippen molar-refractivity contribution in [2.24, 2.45) is 0 Å². The lowest BCUT2D eigenvalue weighted by Crippen LogP contribution is -2.40. The summed E-state index contributed by atoms with van der Waals surface area (Å²) in [5.41, 5.74) is 0.781. The molecule has 2 N–H and O–H groups in total. The minimum absolute atomic E-state index is 0.0262. The van der Waals surface area contributed by atoms with Crippen LogP contribution >= 0.6 is 0 Å². The molecule has 0 saturated carbocycles. The molecule has 2 heterocycles. The molecular formula is C10H14N4O. The van der Waals surface area contributed by atoms with Gasteiger partial charge in [0.15, 0.2) is 0 Å². The molecule has 0 aromatic carbocycles. The van der Waals surface area contributed by atoms with Crippen molar-refractivity contribution in [2.45, 2.75) is 25.4 Å². The number of hydrogen-bond donors (Lipinski definition) is 2. The zero-order valence-electron chi connectivity index (χ0n) is 8.44. The van der Waals surface area contributed by atoms with Crippen LogP contribution in [0, 0.1) is 0 Å². The van der Waals surface area contributed by atoms with Crippen LogP contribution in [0.3, 0.4) is 0 Å². The van der Waals surface area contributed by atoms with E-state index in [2.05, 4.69) is 20.8 Å². The number of nitrogens with one attached hydrogen (secondary N) is 2. The fourth-order valence-corrected chi connectivity index (χ4v) is 1.64. The zero-order chi connectivity index (χ0) is 10.5. The Kier molecular flexibility index (Phi) is 3.24. The lowest BCUT2D eigenvalue weighted by Gasteiger charge is -2.10. The van der Waals surface area contributed by atoms with Crippen LogP contribution in [0.2, 0.25) is 0 Å². The van der Waals surface area contributed by atoms with Gasteiger partial charge in [0.05, 0.1) is 18.3 Å². The Morgan fingerprint density at radius 3 is 3.27 bits per heavy atom. The smallest absolute Gasteiger partial charge is 0.237 e. The molecule has 2 rings (SSSR count). The van der Waals surface area contributed by atoms with E-state index in [1.54, 1.807) is 6.20 Å². The maximum Gasteiger partial charge on any atom is 0.237 e. The molecule has 0 aliphatic carbocycles. The van der Waals surface area contributed by atoms with E-state index in [1.165, 1.54) is 0 Å². The van der Waals surface area contributed by atoms with E-state index in [1.807, 2.05) is 12.1 Å². The number of carbonyl (C=O) groups excluding carboxylic acids is 1. The molecule has 1 aromatic heterocycles. The van der Waals surface area contributed by atoms with Gasteiger partial charge in [-0.3, -0.25) is 4.79 Å². The van der Waals surface area contributed by atoms with Crippen molar-refractivity contribution < 1.29 is 4.79 Å². The normalized spacial score (nSPS) is 20.1. The summed E-state index contributed by atoms with van der Waals surface area (Å²) in [7, 11) is 0. The first-order valence-electron chi connectivity index (χ1n) is 5.14. The molecule has 1 atom stereocenters. The van der Waals surface area contributed by atoms with E-state index in [9.17, 15) is 4.79 Å². The lowest BCUT2D eigenvalue weighted by molar-refractivity contribution is -0.122. The number of nitrogens with zero attached hydrogens (tertiary/aromatic N) is 2. The van der Waals surface area contributed by atoms with Crippen LogP contribution in [0.1, 0.15) is 18.5 Å². The van der Waals surface area contributed by atoms with Crippen LogP contribution < -0.4 is 10.6 Å². The second kappa shape index (κ2) is 4.84. The predicted molar refractivity (Wildman–Crippen MR) is 54.9 cm³/mol. The van der Waals surface area contributed by atoms with E-state index in [0.717, 1.165) is 25.1 Å². The van der Waals surface area contributed by atoms with Gasteiger partial charge in [-0.15, -0.1) is 0 Å². The lowest BCUT2D eigenvalue weighted by atomic mass is 10.2. The Bertz CT molecular complexity index is 321. The highest BCUT2D eigenvalue weighted by Gasteiger charge is 2.21. The molecule has 1 aliphatic rings. The Balaban J connectivity index is 1.80. The molecule has 0 radical (unpaired) electrons. The maximum atomic E-state index is 11.6. The van der Waals surface area contributed by atoms with Crippen LogP contribution in [0.25, 0.3) is 0 Å². The molecule has 0 bridgehead atoms. The molecule has 1 amide bonds. The Labute approximate surface area is 88.3 Å². The molecule has 1 fully saturated rings. The first-order chi connectivity index (χ1) is 7.36. The topological polar surface area (TPSA) is 66.9 Å². The molecule has 80 valence electrons. The van der Waals surface area contributed by atoms with E-state index in [-0.39, 0.29) is 11.9 Å². The minimum atomic E-state index is -0.0262. The van der Waals surface area contributed by atoms with Crippen LogP contribution in [0.15, 0.2) is 18.3 Å². The summed E-state index contributed by atoms with van der Waals surface area (Å²) in [6, 6.07) is 3.62. The quantitative estimate of drug-likeness (QED) is 0.721. The Morgan fingerprint density at radius 2 is 2.60 bits per heavy atom. The molecule has 5 nitrogen and oxygen atoms in total. The Morgan fingerprint density at radius 1 is 1.67 bits per heavy atom. The third-order valence-electron chi connectivity index (χ3n) is 2.45. The largest absolute Gasteiger partial charge is 0.349 e. The van der Waals surface area contributed by atoms with Crippen molar-refractivity contribution in [1.82, 2.24) is 20.8 Å². The van der Waals surface area contributed by atoms with Gasteiger partial charge in [-0.25, -0.2) is 0 Å². The van der Waals surface area contributed by atoms with E-state index in [0.29, 0.717) is 6.54 Å². The van der Waals surface area contributed by atoms with E-state index >= 15 is 0 Å². The van der Waals surface area contributed by atoms with Crippen LogP contribution in [-0.4, -0.2) is 28.7 Å². The van der Waals surface area contributed by atoms with Gasteiger partial charge in [-0.1, -0.05) is 0 Å². The molecule has 1 saturated heterocycles. The highest BCUT2D eigenvalue weighted by Crippen LogP contribution is 2.04. The fourth-order valence-electron chi connectivity index (χ4n) is 1.64. The second-order valence-corrected chi connectivity index (χ2v) is 3.58. The van der Waals surface area contributed by atoms with Crippen molar-refractivity contribution in [2.75, 3.05) is 6.54 Å². The number of rotatable bonds is 3. The first kappa shape index (κ1) is 10.0. The summed E-state index contributed by atoms with van der Waals surface area (Å²) in [6.45, 7) is 1.38. The number of hydrogen-bond acceptors (Lipinski definition) is 4. The van der Waals surface area contributed by atoms with Gasteiger partial charge in [0.1, 0.15) is 0 Å². The number of aromatic nitrogens is 2. The molecule has 15 heavy (non-hydrogen) atoms. The van der Waals surface area contributed by atoms with Gasteiger partial charge in [0.2, 0.25) is 5.91 Å². The minimum Gasteiger partial charge on any atom is -0.349 e. The van der Waals surface area contributed by atoms with Crippen molar-refractivity contribution in [3.8, 4) is 0 Å². The van der Waals surface area contributed by atoms with Crippen LogP contribution in [-0.2, 0) is 11.3 Å². The van der Waals surface area contributed by atoms with Crippen molar-refractivity contribution in [1.29, 1.82) is 0 Å². The van der Waals surface area contributed by atoms with Gasteiger partial charge in [-0.2, -0.15) is 10.2 Å². The van der Waals surface area contributed by atoms with Crippen LogP contribution in [0.4, 0.5) is 0 Å². The standard InChI is InChI=1S/C10H14N4O/c15-10(9-4-2-5-11-9)12-7-8-3-1-6-13-14-8/h1,3,6,9,11H,2,4-5,7H2,(H,12,15). The van der Waals surface area contributed by atoms with Gasteiger partial charge < -0.3 is 10.6 Å². The molecule has 1 aromatic rings. The first-order valence-corrected chi connectivity index (χ1v) is 5.14. The van der Waals surface area contributed by atoms with Gasteiger partial charge in [-0.05, 0) is 31.5 Å². The van der Waals surface area contributed by atoms with Crippen molar-refractivity contribution >= 4 is 5.91 Å².